The number of nitrogens with zero attached hydrogens (tertiary/aromatic N) is 2. The van der Waals surface area contributed by atoms with Gasteiger partial charge in [-0.1, -0.05) is 12.1 Å². The molecule has 2 heterocycles. The maximum absolute atomic E-state index is 12.6. The molecule has 0 saturated heterocycles. The highest BCUT2D eigenvalue weighted by molar-refractivity contribution is 7.89. The average Bonchev–Trinajstić information content (AvgIpc) is 3.09. The summed E-state index contributed by atoms with van der Waals surface area (Å²) in [6.45, 7) is 6.49. The summed E-state index contributed by atoms with van der Waals surface area (Å²) in [5.41, 5.74) is 2.04. The van der Waals surface area contributed by atoms with E-state index in [1.165, 1.54) is 12.1 Å². The number of hydrogen-bond acceptors (Lipinski definition) is 6. The number of amides is 2. The molecule has 0 spiro atoms. The van der Waals surface area contributed by atoms with Gasteiger partial charge in [0.2, 0.25) is 10.0 Å². The van der Waals surface area contributed by atoms with Gasteiger partial charge >= 0.3 is 6.09 Å². The van der Waals surface area contributed by atoms with Crippen molar-refractivity contribution in [3.05, 3.63) is 46.8 Å². The van der Waals surface area contributed by atoms with Crippen LogP contribution in [-0.2, 0) is 34.1 Å². The van der Waals surface area contributed by atoms with Gasteiger partial charge in [0.05, 0.1) is 11.4 Å². The number of nitrogens with one attached hydrogen (secondary N) is 2. The summed E-state index contributed by atoms with van der Waals surface area (Å²) in [7, 11) is -3.73. The first-order valence-corrected chi connectivity index (χ1v) is 11.4. The van der Waals surface area contributed by atoms with Crippen LogP contribution >= 0.6 is 0 Å². The molecule has 11 heteroatoms. The monoisotopic (exact) mass is 449 g/mol. The fourth-order valence-corrected chi connectivity index (χ4v) is 3.73. The van der Waals surface area contributed by atoms with E-state index in [2.05, 4.69) is 15.5 Å². The number of H-pyrrole nitrogens is 1. The van der Waals surface area contributed by atoms with E-state index < -0.39 is 21.7 Å². The van der Waals surface area contributed by atoms with E-state index in [-0.39, 0.29) is 23.0 Å². The smallest absolute Gasteiger partial charge is 0.410 e. The lowest BCUT2D eigenvalue weighted by atomic mass is 10.1. The number of nitrogens with two attached hydrogens (primary N) is 1. The number of primary sulfonamides is 1. The summed E-state index contributed by atoms with van der Waals surface area (Å²) in [6.07, 6.45) is 0.645. The van der Waals surface area contributed by atoms with Crippen LogP contribution in [0, 0.1) is 0 Å². The highest BCUT2D eigenvalue weighted by atomic mass is 32.2. The molecular formula is C20H27N5O5S. The largest absolute Gasteiger partial charge is 0.444 e. The van der Waals surface area contributed by atoms with Crippen LogP contribution in [-0.4, -0.2) is 54.2 Å². The van der Waals surface area contributed by atoms with Crippen molar-refractivity contribution in [3.8, 4) is 0 Å². The van der Waals surface area contributed by atoms with Crippen LogP contribution in [0.4, 0.5) is 4.79 Å². The molecule has 0 aliphatic carbocycles. The quantitative estimate of drug-likeness (QED) is 0.627. The maximum Gasteiger partial charge on any atom is 0.410 e. The Morgan fingerprint density at radius 3 is 2.55 bits per heavy atom. The molecule has 2 aromatic rings. The Bertz CT molecular complexity index is 1070. The van der Waals surface area contributed by atoms with E-state index in [0.29, 0.717) is 31.5 Å². The zero-order valence-electron chi connectivity index (χ0n) is 17.8. The fraction of sp³-hybridized carbons (Fsp3) is 0.450. The third-order valence-corrected chi connectivity index (χ3v) is 5.68. The molecular weight excluding hydrogens is 422 g/mol. The molecule has 1 aromatic carbocycles. The van der Waals surface area contributed by atoms with Crippen LogP contribution in [0.15, 0.2) is 29.2 Å². The van der Waals surface area contributed by atoms with Crippen LogP contribution in [0.2, 0.25) is 0 Å². The van der Waals surface area contributed by atoms with Crippen LogP contribution in [0.1, 0.15) is 48.1 Å². The molecule has 0 atom stereocenters. The SMILES string of the molecule is CC(C)(C)OC(=O)N1CCc2[nH]nc(C(=O)NCCc3ccc(S(N)(=O)=O)cc3)c2C1. The van der Waals surface area contributed by atoms with Gasteiger partial charge in [-0.3, -0.25) is 9.89 Å². The van der Waals surface area contributed by atoms with Gasteiger partial charge in [0.1, 0.15) is 5.60 Å². The lowest BCUT2D eigenvalue weighted by molar-refractivity contribution is 0.0222. The van der Waals surface area contributed by atoms with Crippen molar-refractivity contribution >= 4 is 22.0 Å². The van der Waals surface area contributed by atoms with Crippen LogP contribution < -0.4 is 10.5 Å². The molecule has 0 bridgehead atoms. The molecule has 0 radical (unpaired) electrons. The standard InChI is InChI=1S/C20H27N5O5S/c1-20(2,3)30-19(27)25-11-9-16-15(12-25)17(24-23-16)18(26)22-10-8-13-4-6-14(7-5-13)31(21,28)29/h4-7H,8-12H2,1-3H3,(H,22,26)(H,23,24)(H2,21,28,29). The van der Waals surface area contributed by atoms with Gasteiger partial charge in [0.15, 0.2) is 5.69 Å². The van der Waals surface area contributed by atoms with Crippen molar-refractivity contribution in [3.63, 3.8) is 0 Å². The molecule has 2 amide bonds. The molecule has 31 heavy (non-hydrogen) atoms. The van der Waals surface area contributed by atoms with E-state index in [4.69, 9.17) is 9.88 Å². The minimum atomic E-state index is -3.73. The zero-order chi connectivity index (χ0) is 22.8. The number of carbonyl (C=O) groups is 2. The first kappa shape index (κ1) is 22.8. The van der Waals surface area contributed by atoms with Crippen molar-refractivity contribution < 1.29 is 22.7 Å². The molecule has 168 valence electrons. The predicted molar refractivity (Wildman–Crippen MR) is 113 cm³/mol. The van der Waals surface area contributed by atoms with Crippen molar-refractivity contribution in [2.24, 2.45) is 5.14 Å². The Morgan fingerprint density at radius 2 is 1.94 bits per heavy atom. The van der Waals surface area contributed by atoms with Crippen molar-refractivity contribution in [2.45, 2.75) is 50.7 Å². The molecule has 0 fully saturated rings. The summed E-state index contributed by atoms with van der Waals surface area (Å²) >= 11 is 0. The Labute approximate surface area is 181 Å². The van der Waals surface area contributed by atoms with Gasteiger partial charge in [-0.25, -0.2) is 18.4 Å². The first-order chi connectivity index (χ1) is 14.4. The number of rotatable bonds is 5. The van der Waals surface area contributed by atoms with Crippen LogP contribution in [0.5, 0.6) is 0 Å². The molecule has 4 N–H and O–H groups in total. The number of fused-ring (bicyclic) bond motifs is 1. The summed E-state index contributed by atoms with van der Waals surface area (Å²) < 4.78 is 28.0. The minimum absolute atomic E-state index is 0.0398. The van der Waals surface area contributed by atoms with Gasteiger partial charge in [0.25, 0.3) is 5.91 Å². The summed E-state index contributed by atoms with van der Waals surface area (Å²) in [6, 6.07) is 6.17. The summed E-state index contributed by atoms with van der Waals surface area (Å²) in [5.74, 6) is -0.343. The van der Waals surface area contributed by atoms with E-state index in [9.17, 15) is 18.0 Å². The second kappa shape index (κ2) is 8.67. The van der Waals surface area contributed by atoms with Gasteiger partial charge in [-0.05, 0) is 44.9 Å². The first-order valence-electron chi connectivity index (χ1n) is 9.88. The number of hydrogen-bond donors (Lipinski definition) is 3. The highest BCUT2D eigenvalue weighted by Gasteiger charge is 2.30. The van der Waals surface area contributed by atoms with E-state index in [1.807, 2.05) is 0 Å². The predicted octanol–water partition coefficient (Wildman–Crippen LogP) is 1.32. The van der Waals surface area contributed by atoms with Crippen LogP contribution in [0.3, 0.4) is 0 Å². The van der Waals surface area contributed by atoms with Crippen molar-refractivity contribution in [2.75, 3.05) is 13.1 Å². The zero-order valence-corrected chi connectivity index (χ0v) is 18.6. The van der Waals surface area contributed by atoms with Gasteiger partial charge in [-0.2, -0.15) is 5.10 Å². The second-order valence-corrected chi connectivity index (χ2v) is 9.94. The van der Waals surface area contributed by atoms with E-state index in [0.717, 1.165) is 11.3 Å². The molecule has 0 saturated carbocycles. The van der Waals surface area contributed by atoms with Gasteiger partial charge in [0, 0.05) is 30.8 Å². The van der Waals surface area contributed by atoms with Crippen LogP contribution in [0.25, 0.3) is 0 Å². The average molecular weight is 450 g/mol. The number of sulfonamides is 1. The Kier molecular flexibility index (Phi) is 6.37. The number of aromatic amines is 1. The highest BCUT2D eigenvalue weighted by Crippen LogP contribution is 2.22. The second-order valence-electron chi connectivity index (χ2n) is 8.38. The van der Waals surface area contributed by atoms with E-state index >= 15 is 0 Å². The van der Waals surface area contributed by atoms with Crippen molar-refractivity contribution in [1.82, 2.24) is 20.4 Å². The summed E-state index contributed by atoms with van der Waals surface area (Å²) in [4.78, 5) is 26.6. The van der Waals surface area contributed by atoms with E-state index in [1.54, 1.807) is 37.8 Å². The minimum Gasteiger partial charge on any atom is -0.444 e. The third kappa shape index (κ3) is 5.82. The molecule has 0 unspecified atom stereocenters. The molecule has 1 aromatic heterocycles. The lowest BCUT2D eigenvalue weighted by Gasteiger charge is -2.30. The van der Waals surface area contributed by atoms with Gasteiger partial charge in [-0.15, -0.1) is 0 Å². The molecule has 10 nitrogen and oxygen atoms in total. The summed E-state index contributed by atoms with van der Waals surface area (Å²) in [5, 5.41) is 14.9. The number of ether oxygens (including phenoxy) is 1. The van der Waals surface area contributed by atoms with Gasteiger partial charge < -0.3 is 15.0 Å². The topological polar surface area (TPSA) is 147 Å². The third-order valence-electron chi connectivity index (χ3n) is 4.75. The number of carbonyl (C=O) groups excluding carboxylic acids is 2. The van der Waals surface area contributed by atoms with Crippen molar-refractivity contribution in [1.29, 1.82) is 0 Å². The Balaban J connectivity index is 1.59. The Morgan fingerprint density at radius 1 is 1.26 bits per heavy atom. The Hall–Kier alpha value is -2.92. The number of benzene rings is 1. The number of aromatic nitrogens is 2. The lowest BCUT2D eigenvalue weighted by Crippen LogP contribution is -2.40. The molecule has 1 aliphatic heterocycles. The fourth-order valence-electron chi connectivity index (χ4n) is 3.22. The molecule has 1 aliphatic rings. The molecule has 3 rings (SSSR count). The normalized spacial score (nSPS) is 14.1. The maximum atomic E-state index is 12.6.